The molecule has 0 bridgehead atoms. The summed E-state index contributed by atoms with van der Waals surface area (Å²) in [4.78, 5) is 40.6. The normalized spacial score (nSPS) is 12.6. The number of benzene rings is 3. The number of amides is 2. The lowest BCUT2D eigenvalue weighted by Crippen LogP contribution is -2.49. The zero-order chi connectivity index (χ0) is 25.8. The van der Waals surface area contributed by atoms with Crippen LogP contribution in [0, 0.1) is 0 Å². The maximum Gasteiger partial charge on any atom is 0.351 e. The number of carbonyl (C=O) groups excluding carboxylic acids is 2. The molecule has 0 radical (unpaired) electrons. The van der Waals surface area contributed by atoms with E-state index in [2.05, 4.69) is 22.2 Å². The number of ether oxygens (including phenoxy) is 1. The molecule has 3 aromatic carbocycles. The Morgan fingerprint density at radius 2 is 1.75 bits per heavy atom. The molecular formula is C28H27N3O5. The third-order valence-corrected chi connectivity index (χ3v) is 6.23. The number of aromatic amines is 1. The van der Waals surface area contributed by atoms with Crippen molar-refractivity contribution >= 4 is 39.5 Å². The number of hydrogen-bond donors (Lipinski definition) is 4. The molecule has 0 unspecified atom stereocenters. The van der Waals surface area contributed by atoms with E-state index in [0.29, 0.717) is 0 Å². The molecule has 4 N–H and O–H groups in total. The van der Waals surface area contributed by atoms with Crippen LogP contribution >= 0.6 is 0 Å². The van der Waals surface area contributed by atoms with E-state index in [9.17, 15) is 14.4 Å². The number of aliphatic carboxylic acids is 1. The van der Waals surface area contributed by atoms with E-state index in [1.165, 1.54) is 0 Å². The average molecular weight is 486 g/mol. The van der Waals surface area contributed by atoms with Gasteiger partial charge < -0.3 is 25.5 Å². The highest BCUT2D eigenvalue weighted by Crippen LogP contribution is 2.26. The molecule has 2 atom stereocenters. The summed E-state index contributed by atoms with van der Waals surface area (Å²) < 4.78 is 5.27. The fraction of sp³-hybridized carbons (Fsp3) is 0.179. The zero-order valence-corrected chi connectivity index (χ0v) is 20.0. The van der Waals surface area contributed by atoms with E-state index in [1.807, 2.05) is 60.7 Å². The van der Waals surface area contributed by atoms with E-state index >= 15 is 0 Å². The maximum absolute atomic E-state index is 13.2. The number of hydrogen-bond acceptors (Lipinski definition) is 4. The van der Waals surface area contributed by atoms with Gasteiger partial charge in [0.15, 0.2) is 0 Å². The highest BCUT2D eigenvalue weighted by molar-refractivity contribution is 5.97. The van der Waals surface area contributed by atoms with Gasteiger partial charge in [-0.05, 0) is 47.0 Å². The number of nitrogens with one attached hydrogen (secondary N) is 3. The molecule has 2 amide bonds. The summed E-state index contributed by atoms with van der Waals surface area (Å²) in [6.45, 7) is 5.13. The van der Waals surface area contributed by atoms with Crippen molar-refractivity contribution in [3.63, 3.8) is 0 Å². The number of carboxylic acid groups (broad SMARTS) is 1. The van der Waals surface area contributed by atoms with Crippen molar-refractivity contribution in [2.45, 2.75) is 25.3 Å². The SMILES string of the molecule is C=C(NC(=O)[C@H](Cc1c[nH]c2ccccc12)NC(=O)[C@@H](C)c1ccc2cc(OC)ccc2c1)C(=O)O. The molecule has 0 aliphatic heterocycles. The van der Waals surface area contributed by atoms with Crippen molar-refractivity contribution in [1.29, 1.82) is 0 Å². The Labute approximate surface area is 208 Å². The summed E-state index contributed by atoms with van der Waals surface area (Å²) in [7, 11) is 1.61. The Morgan fingerprint density at radius 1 is 1.03 bits per heavy atom. The number of carboxylic acids is 1. The molecule has 0 spiro atoms. The van der Waals surface area contributed by atoms with Crippen LogP contribution in [-0.4, -0.2) is 41.0 Å². The van der Waals surface area contributed by atoms with Gasteiger partial charge >= 0.3 is 5.97 Å². The highest BCUT2D eigenvalue weighted by atomic mass is 16.5. The number of H-pyrrole nitrogens is 1. The number of fused-ring (bicyclic) bond motifs is 2. The zero-order valence-electron chi connectivity index (χ0n) is 20.0. The Balaban J connectivity index is 1.57. The van der Waals surface area contributed by atoms with Crippen molar-refractivity contribution in [2.24, 2.45) is 0 Å². The minimum atomic E-state index is -1.35. The number of aromatic nitrogens is 1. The van der Waals surface area contributed by atoms with Crippen LogP contribution in [0.3, 0.4) is 0 Å². The van der Waals surface area contributed by atoms with E-state index in [1.54, 1.807) is 20.2 Å². The van der Waals surface area contributed by atoms with Crippen LogP contribution in [0.4, 0.5) is 0 Å². The maximum atomic E-state index is 13.2. The van der Waals surface area contributed by atoms with Gasteiger partial charge in [0.05, 0.1) is 13.0 Å². The summed E-state index contributed by atoms with van der Waals surface area (Å²) in [5.41, 5.74) is 2.04. The van der Waals surface area contributed by atoms with Crippen molar-refractivity contribution in [3.05, 3.63) is 90.3 Å². The van der Waals surface area contributed by atoms with Crippen molar-refractivity contribution in [3.8, 4) is 5.75 Å². The van der Waals surface area contributed by atoms with Crippen molar-refractivity contribution in [2.75, 3.05) is 7.11 Å². The van der Waals surface area contributed by atoms with Gasteiger partial charge in [-0.15, -0.1) is 0 Å². The first-order valence-electron chi connectivity index (χ1n) is 11.4. The number of methoxy groups -OCH3 is 1. The molecule has 0 aliphatic rings. The minimum absolute atomic E-state index is 0.165. The third kappa shape index (κ3) is 5.22. The Morgan fingerprint density at radius 3 is 2.50 bits per heavy atom. The first-order valence-corrected chi connectivity index (χ1v) is 11.4. The van der Waals surface area contributed by atoms with Gasteiger partial charge in [0, 0.05) is 23.5 Å². The molecule has 0 aliphatic carbocycles. The van der Waals surface area contributed by atoms with E-state index in [4.69, 9.17) is 9.84 Å². The summed E-state index contributed by atoms with van der Waals surface area (Å²) in [5, 5.41) is 17.1. The molecule has 0 fully saturated rings. The van der Waals surface area contributed by atoms with E-state index in [-0.39, 0.29) is 12.3 Å². The largest absolute Gasteiger partial charge is 0.497 e. The molecular weight excluding hydrogens is 458 g/mol. The minimum Gasteiger partial charge on any atom is -0.497 e. The second-order valence-electron chi connectivity index (χ2n) is 8.59. The van der Waals surface area contributed by atoms with Crippen LogP contribution in [0.2, 0.25) is 0 Å². The smallest absolute Gasteiger partial charge is 0.351 e. The van der Waals surface area contributed by atoms with Crippen LogP contribution < -0.4 is 15.4 Å². The molecule has 8 nitrogen and oxygen atoms in total. The van der Waals surface area contributed by atoms with Crippen molar-refractivity contribution in [1.82, 2.24) is 15.6 Å². The van der Waals surface area contributed by atoms with Crippen LogP contribution in [-0.2, 0) is 20.8 Å². The molecule has 8 heteroatoms. The Hall–Kier alpha value is -4.59. The van der Waals surface area contributed by atoms with E-state index < -0.39 is 29.5 Å². The van der Waals surface area contributed by atoms with Crippen LogP contribution in [0.25, 0.3) is 21.7 Å². The van der Waals surface area contributed by atoms with Gasteiger partial charge in [-0.2, -0.15) is 0 Å². The molecule has 4 rings (SSSR count). The molecule has 1 aromatic heterocycles. The summed E-state index contributed by atoms with van der Waals surface area (Å²) in [5.74, 6) is -2.17. The van der Waals surface area contributed by atoms with Gasteiger partial charge in [0.1, 0.15) is 17.5 Å². The average Bonchev–Trinajstić information content (AvgIpc) is 3.29. The van der Waals surface area contributed by atoms with Crippen LogP contribution in [0.1, 0.15) is 24.0 Å². The Bertz CT molecular complexity index is 1470. The fourth-order valence-electron chi connectivity index (χ4n) is 4.11. The standard InChI is InChI=1S/C28H27N3O5/c1-16(18-8-9-20-13-22(36-3)11-10-19(20)12-18)26(32)31-25(27(33)30-17(2)28(34)35)14-21-15-29-24-7-5-4-6-23(21)24/h4-13,15-16,25,29H,2,14H2,1,3H3,(H,30,33)(H,31,32)(H,34,35)/t16-,25-/m0/s1. The Kier molecular flexibility index (Phi) is 7.05. The molecule has 36 heavy (non-hydrogen) atoms. The predicted molar refractivity (Wildman–Crippen MR) is 138 cm³/mol. The van der Waals surface area contributed by atoms with Crippen LogP contribution in [0.15, 0.2) is 79.1 Å². The number of carbonyl (C=O) groups is 3. The molecule has 184 valence electrons. The fourth-order valence-corrected chi connectivity index (χ4v) is 4.11. The lowest BCUT2D eigenvalue weighted by Gasteiger charge is -2.21. The quantitative estimate of drug-likeness (QED) is 0.268. The summed E-state index contributed by atoms with van der Waals surface area (Å²) in [6.07, 6.45) is 1.95. The second-order valence-corrected chi connectivity index (χ2v) is 8.59. The molecule has 4 aromatic rings. The highest BCUT2D eigenvalue weighted by Gasteiger charge is 2.27. The number of para-hydroxylation sites is 1. The van der Waals surface area contributed by atoms with Gasteiger partial charge in [-0.25, -0.2) is 4.79 Å². The van der Waals surface area contributed by atoms with Crippen molar-refractivity contribution < 1.29 is 24.2 Å². The lowest BCUT2D eigenvalue weighted by molar-refractivity contribution is -0.135. The first kappa shape index (κ1) is 24.5. The van der Waals surface area contributed by atoms with Gasteiger partial charge in [0.2, 0.25) is 11.8 Å². The third-order valence-electron chi connectivity index (χ3n) is 6.23. The molecule has 0 saturated heterocycles. The first-order chi connectivity index (χ1) is 17.3. The van der Waals surface area contributed by atoms with Crippen LogP contribution in [0.5, 0.6) is 5.75 Å². The predicted octanol–water partition coefficient (Wildman–Crippen LogP) is 3.88. The molecule has 0 saturated carbocycles. The van der Waals surface area contributed by atoms with Gasteiger partial charge in [0.25, 0.3) is 0 Å². The summed E-state index contributed by atoms with van der Waals surface area (Å²) >= 11 is 0. The second kappa shape index (κ2) is 10.4. The summed E-state index contributed by atoms with van der Waals surface area (Å²) in [6, 6.07) is 18.0. The van der Waals surface area contributed by atoms with Gasteiger partial charge in [-0.3, -0.25) is 9.59 Å². The molecule has 1 heterocycles. The number of rotatable bonds is 9. The monoisotopic (exact) mass is 485 g/mol. The van der Waals surface area contributed by atoms with Gasteiger partial charge in [-0.1, -0.05) is 49.0 Å². The topological polar surface area (TPSA) is 121 Å². The lowest BCUT2D eigenvalue weighted by atomic mass is 9.96. The van der Waals surface area contributed by atoms with E-state index in [0.717, 1.165) is 38.6 Å².